The summed E-state index contributed by atoms with van der Waals surface area (Å²) in [5, 5.41) is 23.6. The number of rotatable bonds is 8. The maximum Gasteiger partial charge on any atom is 0.308 e. The highest BCUT2D eigenvalue weighted by molar-refractivity contribution is 8.00. The predicted molar refractivity (Wildman–Crippen MR) is 165 cm³/mol. The Morgan fingerprint density at radius 2 is 1.71 bits per heavy atom. The molecule has 3 amide bonds. The second-order valence-corrected chi connectivity index (χ2v) is 12.3. The smallest absolute Gasteiger partial charge is 0.308 e. The molecule has 1 saturated heterocycles. The minimum absolute atomic E-state index is 0.134. The summed E-state index contributed by atoms with van der Waals surface area (Å²) in [7, 11) is 2.90. The van der Waals surface area contributed by atoms with Crippen LogP contribution in [0.1, 0.15) is 16.4 Å². The van der Waals surface area contributed by atoms with E-state index in [1.165, 1.54) is 49.1 Å². The topological polar surface area (TPSA) is 170 Å². The normalized spacial score (nSPS) is 18.7. The van der Waals surface area contributed by atoms with Crippen LogP contribution in [-0.2, 0) is 20.9 Å². The summed E-state index contributed by atoms with van der Waals surface area (Å²) in [5.41, 5.74) is 0.990. The lowest BCUT2D eigenvalue weighted by Crippen LogP contribution is -2.33. The lowest BCUT2D eigenvalue weighted by atomic mass is 9.83. The van der Waals surface area contributed by atoms with Crippen molar-refractivity contribution in [2.24, 2.45) is 5.92 Å². The lowest BCUT2D eigenvalue weighted by Gasteiger charge is -2.31. The molecule has 2 aliphatic rings. The highest BCUT2D eigenvalue weighted by Crippen LogP contribution is 2.54. The van der Waals surface area contributed by atoms with Crippen molar-refractivity contribution in [3.05, 3.63) is 97.0 Å². The molecule has 3 heterocycles. The third-order valence-electron chi connectivity index (χ3n) is 7.61. The van der Waals surface area contributed by atoms with E-state index in [0.29, 0.717) is 26.9 Å². The number of anilines is 2. The van der Waals surface area contributed by atoms with Gasteiger partial charge >= 0.3 is 4.87 Å². The number of thioether (sulfide) groups is 1. The summed E-state index contributed by atoms with van der Waals surface area (Å²) < 4.78 is 11.7. The van der Waals surface area contributed by atoms with Crippen molar-refractivity contribution in [3.63, 3.8) is 0 Å². The molecule has 2 N–H and O–H groups in total. The number of ether oxygens (including phenoxy) is 2. The number of hydrogen-bond donors (Lipinski definition) is 2. The Balaban J connectivity index is 1.40. The van der Waals surface area contributed by atoms with Crippen LogP contribution in [0, 0.1) is 16.0 Å². The SMILES string of the molecule is COc1ccc(NC(=O)Cn2c3c(sc2=O)[C@@H](c2ccc(O)c(OC)c2)[C@H]2C(=O)N(c4ccc([N+](=O)[O-])cc4)C(=O)[C@H]2S3)cc1. The van der Waals surface area contributed by atoms with Gasteiger partial charge in [0.25, 0.3) is 5.69 Å². The molecule has 4 aromatic rings. The van der Waals surface area contributed by atoms with Crippen LogP contribution >= 0.6 is 23.1 Å². The molecule has 2 aliphatic heterocycles. The van der Waals surface area contributed by atoms with Gasteiger partial charge in [-0.2, -0.15) is 0 Å². The molecule has 45 heavy (non-hydrogen) atoms. The molecule has 6 rings (SSSR count). The summed E-state index contributed by atoms with van der Waals surface area (Å²) in [5.74, 6) is -2.73. The molecule has 1 aromatic heterocycles. The maximum atomic E-state index is 14.0. The highest BCUT2D eigenvalue weighted by atomic mass is 32.2. The van der Waals surface area contributed by atoms with Crippen molar-refractivity contribution in [2.75, 3.05) is 24.4 Å². The Morgan fingerprint density at radius 3 is 2.36 bits per heavy atom. The minimum atomic E-state index is -0.977. The average Bonchev–Trinajstić information content (AvgIpc) is 3.47. The van der Waals surface area contributed by atoms with Crippen LogP contribution in [0.2, 0.25) is 0 Å². The molecule has 13 nitrogen and oxygen atoms in total. The standard InChI is InChI=1S/C30H24N4O9S2/c1-42-19-10-4-16(5-11-19)31-22(36)14-32-29-26(45-30(32)39)23(15-3-12-20(35)21(13-15)43-2)24-25(44-29)28(38)33(27(24)37)17-6-8-18(9-7-17)34(40)41/h3-13,23-25,35H,14H2,1-2H3,(H,31,36)/t23-,24+,25-/m0/s1. The Kier molecular flexibility index (Phi) is 7.80. The molecule has 0 bridgehead atoms. The van der Waals surface area contributed by atoms with Crippen molar-refractivity contribution < 1.29 is 33.9 Å². The van der Waals surface area contributed by atoms with Gasteiger partial charge in [-0.25, -0.2) is 4.90 Å². The Hall–Kier alpha value is -5.15. The van der Waals surface area contributed by atoms with Crippen LogP contribution < -0.4 is 24.6 Å². The van der Waals surface area contributed by atoms with Crippen molar-refractivity contribution in [3.8, 4) is 17.2 Å². The fraction of sp³-hybridized carbons (Fsp3) is 0.200. The quantitative estimate of drug-likeness (QED) is 0.162. The number of fused-ring (bicyclic) bond motifs is 2. The van der Waals surface area contributed by atoms with Crippen molar-refractivity contribution >= 4 is 57.9 Å². The van der Waals surface area contributed by atoms with E-state index in [1.807, 2.05) is 0 Å². The van der Waals surface area contributed by atoms with E-state index in [-0.39, 0.29) is 29.4 Å². The van der Waals surface area contributed by atoms with Crippen LogP contribution in [0.4, 0.5) is 17.1 Å². The fourth-order valence-corrected chi connectivity index (χ4v) is 8.27. The van der Waals surface area contributed by atoms with Gasteiger partial charge in [0.15, 0.2) is 11.5 Å². The molecule has 15 heteroatoms. The monoisotopic (exact) mass is 648 g/mol. The maximum absolute atomic E-state index is 14.0. The van der Waals surface area contributed by atoms with Crippen molar-refractivity contribution in [2.45, 2.75) is 22.7 Å². The summed E-state index contributed by atoms with van der Waals surface area (Å²) in [6.07, 6.45) is 0. The molecule has 3 aromatic carbocycles. The Labute approximate surface area is 263 Å². The third-order valence-corrected chi connectivity index (χ3v) is 10.2. The number of carbonyl (C=O) groups excluding carboxylic acids is 3. The number of imide groups is 1. The molecule has 1 fully saturated rings. The van der Waals surface area contributed by atoms with E-state index in [4.69, 9.17) is 9.47 Å². The van der Waals surface area contributed by atoms with Gasteiger partial charge < -0.3 is 19.9 Å². The molecule has 230 valence electrons. The van der Waals surface area contributed by atoms with Gasteiger partial charge in [0, 0.05) is 28.6 Å². The van der Waals surface area contributed by atoms with Gasteiger partial charge in [0.1, 0.15) is 17.5 Å². The van der Waals surface area contributed by atoms with Gasteiger partial charge in [-0.05, 0) is 54.1 Å². The number of phenols is 1. The van der Waals surface area contributed by atoms with Gasteiger partial charge in [0.2, 0.25) is 17.7 Å². The molecule has 0 unspecified atom stereocenters. The number of benzene rings is 3. The zero-order chi connectivity index (χ0) is 32.0. The number of aromatic hydroxyl groups is 1. The Morgan fingerprint density at radius 1 is 1.00 bits per heavy atom. The number of methoxy groups -OCH3 is 2. The average molecular weight is 649 g/mol. The number of non-ortho nitro benzene ring substituents is 1. The van der Waals surface area contributed by atoms with Crippen LogP contribution in [0.5, 0.6) is 17.2 Å². The summed E-state index contributed by atoms with van der Waals surface area (Å²) in [4.78, 5) is 66.0. The fourth-order valence-electron chi connectivity index (χ4n) is 5.50. The van der Waals surface area contributed by atoms with Gasteiger partial charge in [-0.15, -0.1) is 0 Å². The first-order valence-electron chi connectivity index (χ1n) is 13.4. The molecule has 0 spiro atoms. The second-order valence-electron chi connectivity index (χ2n) is 10.2. The number of nitro benzene ring substituents is 1. The molecule has 0 saturated carbocycles. The van der Waals surface area contributed by atoms with Crippen LogP contribution in [0.3, 0.4) is 0 Å². The number of phenolic OH excluding ortho intramolecular Hbond substituents is 1. The van der Waals surface area contributed by atoms with Gasteiger partial charge in [-0.1, -0.05) is 29.2 Å². The predicted octanol–water partition coefficient (Wildman–Crippen LogP) is 3.98. The number of hydrogen-bond acceptors (Lipinski definition) is 11. The highest BCUT2D eigenvalue weighted by Gasteiger charge is 2.57. The molecular weight excluding hydrogens is 624 g/mol. The minimum Gasteiger partial charge on any atom is -0.504 e. The van der Waals surface area contributed by atoms with Crippen molar-refractivity contribution in [1.29, 1.82) is 0 Å². The summed E-state index contributed by atoms with van der Waals surface area (Å²) in [6.45, 7) is -0.346. The number of amides is 3. The Bertz CT molecular complexity index is 1900. The van der Waals surface area contributed by atoms with Gasteiger partial charge in [0.05, 0.1) is 35.8 Å². The molecule has 0 radical (unpaired) electrons. The number of thiazole rings is 1. The third kappa shape index (κ3) is 5.29. The first-order valence-corrected chi connectivity index (χ1v) is 15.1. The van der Waals surface area contributed by atoms with E-state index in [0.717, 1.165) is 28.0 Å². The molecule has 0 aliphatic carbocycles. The number of aromatic nitrogens is 1. The van der Waals surface area contributed by atoms with E-state index in [1.54, 1.807) is 36.4 Å². The molecule has 3 atom stereocenters. The van der Waals surface area contributed by atoms with E-state index in [9.17, 15) is 34.4 Å². The van der Waals surface area contributed by atoms with E-state index in [2.05, 4.69) is 5.32 Å². The first kappa shape index (κ1) is 29.9. The number of nitrogens with zero attached hydrogens (tertiary/aromatic N) is 3. The van der Waals surface area contributed by atoms with E-state index < -0.39 is 44.6 Å². The summed E-state index contributed by atoms with van der Waals surface area (Å²) in [6, 6.07) is 16.3. The zero-order valence-electron chi connectivity index (χ0n) is 23.7. The molecular formula is C30H24N4O9S2. The largest absolute Gasteiger partial charge is 0.504 e. The first-order chi connectivity index (χ1) is 21.6. The lowest BCUT2D eigenvalue weighted by molar-refractivity contribution is -0.384. The summed E-state index contributed by atoms with van der Waals surface area (Å²) >= 11 is 1.91. The number of carbonyl (C=O) groups is 3. The second kappa shape index (κ2) is 11.7. The van der Waals surface area contributed by atoms with E-state index >= 15 is 0 Å². The van der Waals surface area contributed by atoms with Gasteiger partial charge in [-0.3, -0.25) is 33.9 Å². The zero-order valence-corrected chi connectivity index (χ0v) is 25.3. The number of nitro groups is 1. The van der Waals surface area contributed by atoms with Crippen LogP contribution in [0.15, 0.2) is 76.6 Å². The number of nitrogens with one attached hydrogen (secondary N) is 1. The van der Waals surface area contributed by atoms with Crippen LogP contribution in [0.25, 0.3) is 0 Å². The van der Waals surface area contributed by atoms with Crippen LogP contribution in [-0.4, -0.2) is 51.8 Å². The van der Waals surface area contributed by atoms with Crippen molar-refractivity contribution in [1.82, 2.24) is 4.57 Å².